The van der Waals surface area contributed by atoms with Crippen molar-refractivity contribution in [1.29, 1.82) is 0 Å². The molecule has 0 radical (unpaired) electrons. The molecule has 1 N–H and O–H groups in total. The third kappa shape index (κ3) is 0.556. The zero-order valence-electron chi connectivity index (χ0n) is 5.00. The van der Waals surface area contributed by atoms with Gasteiger partial charge in [0.2, 0.25) is 11.1 Å². The molecule has 0 aliphatic carbocycles. The maximum atomic E-state index is 10.9. The fourth-order valence-electron chi connectivity index (χ4n) is 0.809. The van der Waals surface area contributed by atoms with Crippen LogP contribution in [-0.4, -0.2) is 10.2 Å². The molecular formula is C6H4N2O2. The fourth-order valence-corrected chi connectivity index (χ4v) is 0.809. The highest BCUT2D eigenvalue weighted by Crippen LogP contribution is 2.03. The van der Waals surface area contributed by atoms with E-state index in [4.69, 9.17) is 4.42 Å². The molecule has 0 bridgehead atoms. The average molecular weight is 136 g/mol. The zero-order chi connectivity index (χ0) is 6.97. The van der Waals surface area contributed by atoms with E-state index >= 15 is 0 Å². The van der Waals surface area contributed by atoms with Crippen LogP contribution < -0.4 is 5.43 Å². The third-order valence-electron chi connectivity index (χ3n) is 1.28. The molecule has 0 aliphatic rings. The van der Waals surface area contributed by atoms with Gasteiger partial charge >= 0.3 is 0 Å². The number of nitrogens with zero attached hydrogens (tertiary/aromatic N) is 1. The molecule has 0 atom stereocenters. The van der Waals surface area contributed by atoms with Gasteiger partial charge in [-0.2, -0.15) is 5.10 Å². The lowest BCUT2D eigenvalue weighted by Gasteiger charge is -1.82. The lowest BCUT2D eigenvalue weighted by atomic mass is 10.4. The van der Waals surface area contributed by atoms with Crippen LogP contribution in [0.3, 0.4) is 0 Å². The predicted molar refractivity (Wildman–Crippen MR) is 34.6 cm³/mol. The van der Waals surface area contributed by atoms with E-state index in [0.29, 0.717) is 11.1 Å². The first-order chi connectivity index (χ1) is 4.88. The molecule has 2 rings (SSSR count). The molecule has 0 spiro atoms. The molecule has 0 saturated carbocycles. The molecule has 0 unspecified atom stereocenters. The van der Waals surface area contributed by atoms with Crippen LogP contribution in [0.25, 0.3) is 11.1 Å². The van der Waals surface area contributed by atoms with Crippen LogP contribution in [0.15, 0.2) is 27.7 Å². The van der Waals surface area contributed by atoms with Gasteiger partial charge in [-0.25, -0.2) is 5.10 Å². The van der Waals surface area contributed by atoms with Gasteiger partial charge in [0, 0.05) is 0 Å². The Morgan fingerprint density at radius 2 is 2.50 bits per heavy atom. The predicted octanol–water partition coefficient (Wildman–Crippen LogP) is 0.516. The van der Waals surface area contributed by atoms with E-state index in [1.165, 1.54) is 12.5 Å². The number of hydrogen-bond acceptors (Lipinski definition) is 3. The molecule has 4 heteroatoms. The Kier molecular flexibility index (Phi) is 0.887. The largest absolute Gasteiger partial charge is 0.446 e. The Labute approximate surface area is 55.5 Å². The molecule has 2 aromatic rings. The van der Waals surface area contributed by atoms with Crippen LogP contribution >= 0.6 is 0 Å². The number of rotatable bonds is 0. The summed E-state index contributed by atoms with van der Waals surface area (Å²) in [7, 11) is 0. The Bertz CT molecular complexity index is 401. The second-order valence-electron chi connectivity index (χ2n) is 1.90. The van der Waals surface area contributed by atoms with Gasteiger partial charge < -0.3 is 4.42 Å². The number of fused-ring (bicyclic) bond motifs is 1. The van der Waals surface area contributed by atoms with E-state index in [1.54, 1.807) is 6.07 Å². The fraction of sp³-hybridized carbons (Fsp3) is 0. The van der Waals surface area contributed by atoms with Gasteiger partial charge in [-0.05, 0) is 6.07 Å². The smallest absolute Gasteiger partial charge is 0.224 e. The number of hydrogen-bond donors (Lipinski definition) is 1. The molecule has 0 amide bonds. The maximum absolute atomic E-state index is 10.9. The van der Waals surface area contributed by atoms with Gasteiger partial charge in [0.15, 0.2) is 0 Å². The second-order valence-corrected chi connectivity index (χ2v) is 1.90. The van der Waals surface area contributed by atoms with Crippen molar-refractivity contribution in [2.75, 3.05) is 0 Å². The summed E-state index contributed by atoms with van der Waals surface area (Å²) in [5, 5.41) is 6.65. The summed E-state index contributed by atoms with van der Waals surface area (Å²) < 4.78 is 4.88. The highest BCUT2D eigenvalue weighted by molar-refractivity contribution is 5.71. The van der Waals surface area contributed by atoms with Crippen molar-refractivity contribution < 1.29 is 4.42 Å². The molecule has 2 aromatic heterocycles. The summed E-state index contributed by atoms with van der Waals surface area (Å²) in [4.78, 5) is 10.9. The topological polar surface area (TPSA) is 58.9 Å². The van der Waals surface area contributed by atoms with E-state index in [1.807, 2.05) is 0 Å². The van der Waals surface area contributed by atoms with Crippen LogP contribution in [-0.2, 0) is 0 Å². The monoisotopic (exact) mass is 136 g/mol. The van der Waals surface area contributed by atoms with Gasteiger partial charge in [0.1, 0.15) is 0 Å². The normalized spacial score (nSPS) is 10.4. The van der Waals surface area contributed by atoms with Crippen molar-refractivity contribution >= 4 is 11.1 Å². The molecule has 4 nitrogen and oxygen atoms in total. The van der Waals surface area contributed by atoms with Crippen molar-refractivity contribution in [1.82, 2.24) is 10.2 Å². The van der Waals surface area contributed by atoms with Crippen molar-refractivity contribution in [3.63, 3.8) is 0 Å². The highest BCUT2D eigenvalue weighted by Gasteiger charge is 1.98. The summed E-state index contributed by atoms with van der Waals surface area (Å²) in [6, 6.07) is 1.61. The Morgan fingerprint density at radius 3 is 3.30 bits per heavy atom. The van der Waals surface area contributed by atoms with Crippen molar-refractivity contribution in [3.05, 3.63) is 28.7 Å². The zero-order valence-corrected chi connectivity index (χ0v) is 5.00. The Balaban J connectivity index is 3.09. The van der Waals surface area contributed by atoms with E-state index < -0.39 is 0 Å². The van der Waals surface area contributed by atoms with Gasteiger partial charge in [-0.3, -0.25) is 4.79 Å². The standard InChI is InChI=1S/C6H4N2O2/c9-5-3-7-8-6-4(5)1-2-10-6/h1-3H,(H,8,9). The summed E-state index contributed by atoms with van der Waals surface area (Å²) in [5.74, 6) is 0. The average Bonchev–Trinajstić information content (AvgIpc) is 2.36. The highest BCUT2D eigenvalue weighted by atomic mass is 16.3. The quantitative estimate of drug-likeness (QED) is 0.574. The van der Waals surface area contributed by atoms with Crippen molar-refractivity contribution in [2.24, 2.45) is 0 Å². The van der Waals surface area contributed by atoms with Gasteiger partial charge in [-0.1, -0.05) is 0 Å². The minimum Gasteiger partial charge on any atom is -0.446 e. The lowest BCUT2D eigenvalue weighted by molar-refractivity contribution is 0.596. The van der Waals surface area contributed by atoms with Crippen LogP contribution in [0.4, 0.5) is 0 Å². The number of nitrogens with one attached hydrogen (secondary N) is 1. The third-order valence-corrected chi connectivity index (χ3v) is 1.28. The van der Waals surface area contributed by atoms with E-state index in [-0.39, 0.29) is 5.43 Å². The molecule has 10 heavy (non-hydrogen) atoms. The molecule has 0 aliphatic heterocycles. The van der Waals surface area contributed by atoms with Crippen molar-refractivity contribution in [2.45, 2.75) is 0 Å². The number of aromatic nitrogens is 2. The minimum atomic E-state index is -0.123. The first kappa shape index (κ1) is 5.22. The van der Waals surface area contributed by atoms with Crippen LogP contribution in [0, 0.1) is 0 Å². The molecule has 50 valence electrons. The molecule has 0 aromatic carbocycles. The van der Waals surface area contributed by atoms with Crippen molar-refractivity contribution in [3.8, 4) is 0 Å². The SMILES string of the molecule is O=c1cn[nH]c2occc12. The van der Waals surface area contributed by atoms with Crippen LogP contribution in [0.5, 0.6) is 0 Å². The first-order valence-electron chi connectivity index (χ1n) is 2.79. The summed E-state index contributed by atoms with van der Waals surface area (Å²) >= 11 is 0. The van der Waals surface area contributed by atoms with E-state index in [0.717, 1.165) is 0 Å². The van der Waals surface area contributed by atoms with Gasteiger partial charge in [-0.15, -0.1) is 0 Å². The van der Waals surface area contributed by atoms with Crippen LogP contribution in [0.2, 0.25) is 0 Å². The number of aromatic amines is 1. The number of furan rings is 1. The van der Waals surface area contributed by atoms with E-state index in [9.17, 15) is 4.79 Å². The summed E-state index contributed by atoms with van der Waals surface area (Å²) in [6.07, 6.45) is 2.67. The minimum absolute atomic E-state index is 0.123. The molecular weight excluding hydrogens is 132 g/mol. The second kappa shape index (κ2) is 1.70. The van der Waals surface area contributed by atoms with Gasteiger partial charge in [0.25, 0.3) is 0 Å². The van der Waals surface area contributed by atoms with Gasteiger partial charge in [0.05, 0.1) is 17.8 Å². The summed E-state index contributed by atoms with van der Waals surface area (Å²) in [6.45, 7) is 0. The maximum Gasteiger partial charge on any atom is 0.224 e. The number of H-pyrrole nitrogens is 1. The Morgan fingerprint density at radius 1 is 1.60 bits per heavy atom. The lowest BCUT2D eigenvalue weighted by Crippen LogP contribution is -1.99. The Hall–Kier alpha value is -1.58. The van der Waals surface area contributed by atoms with Crippen LogP contribution in [0.1, 0.15) is 0 Å². The molecule has 0 fully saturated rings. The first-order valence-corrected chi connectivity index (χ1v) is 2.79. The molecule has 0 saturated heterocycles. The molecule has 2 heterocycles. The van der Waals surface area contributed by atoms with E-state index in [2.05, 4.69) is 10.2 Å². The summed E-state index contributed by atoms with van der Waals surface area (Å²) in [5.41, 5.74) is 0.301.